The third-order valence-electron chi connectivity index (χ3n) is 8.79. The molecule has 1 saturated heterocycles. The van der Waals surface area contributed by atoms with Gasteiger partial charge in [0.15, 0.2) is 11.5 Å². The Hall–Kier alpha value is -3.36. The van der Waals surface area contributed by atoms with Crippen LogP contribution in [0.3, 0.4) is 0 Å². The SMILES string of the molecule is CCCCCCc1ccc(C(=O)N(CCN2CCCC2)CC(=O)N(CCc2ccc(OC)c(OC)c2)Cc2sccc2C)cc1. The van der Waals surface area contributed by atoms with Gasteiger partial charge in [0, 0.05) is 30.1 Å². The summed E-state index contributed by atoms with van der Waals surface area (Å²) < 4.78 is 10.9. The quantitative estimate of drug-likeness (QED) is 0.141. The number of nitrogens with zero attached hydrogens (tertiary/aromatic N) is 3. The lowest BCUT2D eigenvalue weighted by Gasteiger charge is -2.29. The molecular formula is C37H51N3O4S. The van der Waals surface area contributed by atoms with Crippen LogP contribution in [0.4, 0.5) is 0 Å². The summed E-state index contributed by atoms with van der Waals surface area (Å²) in [5.41, 5.74) is 4.15. The fourth-order valence-corrected chi connectivity index (χ4v) is 6.79. The zero-order chi connectivity index (χ0) is 32.0. The van der Waals surface area contributed by atoms with Gasteiger partial charge >= 0.3 is 0 Å². The average Bonchev–Trinajstić information content (AvgIpc) is 3.74. The van der Waals surface area contributed by atoms with Crippen LogP contribution in [0.5, 0.6) is 11.5 Å². The number of thiophene rings is 1. The molecule has 0 bridgehead atoms. The molecule has 1 aliphatic rings. The largest absolute Gasteiger partial charge is 0.493 e. The van der Waals surface area contributed by atoms with Crippen LogP contribution >= 0.6 is 11.3 Å². The van der Waals surface area contributed by atoms with E-state index in [0.29, 0.717) is 43.1 Å². The number of ether oxygens (including phenoxy) is 2. The molecule has 0 N–H and O–H groups in total. The van der Waals surface area contributed by atoms with E-state index < -0.39 is 0 Å². The number of carbonyl (C=O) groups excluding carboxylic acids is 2. The number of likely N-dealkylation sites (tertiary alicyclic amines) is 1. The first-order valence-corrected chi connectivity index (χ1v) is 17.4. The highest BCUT2D eigenvalue weighted by Gasteiger charge is 2.25. The molecular weight excluding hydrogens is 582 g/mol. The van der Waals surface area contributed by atoms with Gasteiger partial charge in [-0.05, 0) is 105 Å². The number of methoxy groups -OCH3 is 2. The smallest absolute Gasteiger partial charge is 0.254 e. The standard InChI is InChI=1S/C37H51N3O4S/c1-5-6-7-8-11-30-12-15-32(16-13-30)37(42)40(24-23-38-20-9-10-21-38)28-36(41)39(27-35-29(2)19-25-45-35)22-18-31-14-17-33(43-3)34(26-31)44-4/h12-17,19,25-26H,5-11,18,20-24,27-28H2,1-4H3. The molecule has 244 valence electrons. The Morgan fingerprint density at radius 3 is 2.24 bits per heavy atom. The lowest BCUT2D eigenvalue weighted by Crippen LogP contribution is -2.45. The molecule has 1 fully saturated rings. The number of hydrogen-bond donors (Lipinski definition) is 0. The van der Waals surface area contributed by atoms with Crippen LogP contribution in [0.15, 0.2) is 53.9 Å². The summed E-state index contributed by atoms with van der Waals surface area (Å²) in [5.74, 6) is 1.24. The number of amides is 2. The molecule has 1 aliphatic heterocycles. The van der Waals surface area contributed by atoms with Gasteiger partial charge in [0.25, 0.3) is 5.91 Å². The Morgan fingerprint density at radius 2 is 1.58 bits per heavy atom. The van der Waals surface area contributed by atoms with Crippen molar-refractivity contribution >= 4 is 23.2 Å². The predicted molar refractivity (Wildman–Crippen MR) is 184 cm³/mol. The van der Waals surface area contributed by atoms with Crippen molar-refractivity contribution in [2.45, 2.75) is 71.8 Å². The molecule has 0 aliphatic carbocycles. The third-order valence-corrected chi connectivity index (χ3v) is 9.80. The Balaban J connectivity index is 1.49. The second kappa shape index (κ2) is 18.0. The summed E-state index contributed by atoms with van der Waals surface area (Å²) in [5, 5.41) is 2.07. The van der Waals surface area contributed by atoms with Gasteiger partial charge in [-0.25, -0.2) is 0 Å². The third kappa shape index (κ3) is 10.3. The van der Waals surface area contributed by atoms with Gasteiger partial charge in [0.05, 0.1) is 20.8 Å². The molecule has 0 atom stereocenters. The first kappa shape index (κ1) is 34.5. The molecule has 2 heterocycles. The highest BCUT2D eigenvalue weighted by atomic mass is 32.1. The predicted octanol–water partition coefficient (Wildman–Crippen LogP) is 7.01. The van der Waals surface area contributed by atoms with E-state index in [4.69, 9.17) is 9.47 Å². The molecule has 2 aromatic carbocycles. The normalized spacial score (nSPS) is 13.2. The average molecular weight is 634 g/mol. The lowest BCUT2D eigenvalue weighted by molar-refractivity contribution is -0.132. The monoisotopic (exact) mass is 633 g/mol. The summed E-state index contributed by atoms with van der Waals surface area (Å²) in [4.78, 5) is 35.2. The summed E-state index contributed by atoms with van der Waals surface area (Å²) in [6, 6.07) is 16.0. The number of benzene rings is 2. The maximum absolute atomic E-state index is 14.1. The van der Waals surface area contributed by atoms with Crippen molar-refractivity contribution in [3.8, 4) is 11.5 Å². The van der Waals surface area contributed by atoms with Crippen molar-refractivity contribution in [2.75, 3.05) is 53.5 Å². The van der Waals surface area contributed by atoms with E-state index in [1.807, 2.05) is 35.2 Å². The van der Waals surface area contributed by atoms with Gasteiger partial charge in [0.2, 0.25) is 5.91 Å². The number of aryl methyl sites for hydroxylation is 2. The Morgan fingerprint density at radius 1 is 0.844 bits per heavy atom. The zero-order valence-electron chi connectivity index (χ0n) is 27.7. The van der Waals surface area contributed by atoms with E-state index in [9.17, 15) is 9.59 Å². The Bertz CT molecular complexity index is 1350. The first-order valence-electron chi connectivity index (χ1n) is 16.5. The van der Waals surface area contributed by atoms with Crippen LogP contribution in [0.1, 0.15) is 77.4 Å². The zero-order valence-corrected chi connectivity index (χ0v) is 28.5. The van der Waals surface area contributed by atoms with Crippen molar-refractivity contribution in [1.82, 2.24) is 14.7 Å². The molecule has 1 aromatic heterocycles. The van der Waals surface area contributed by atoms with Crippen molar-refractivity contribution < 1.29 is 19.1 Å². The van der Waals surface area contributed by atoms with E-state index >= 15 is 0 Å². The minimum atomic E-state index is -0.0766. The van der Waals surface area contributed by atoms with Crippen LogP contribution < -0.4 is 9.47 Å². The van der Waals surface area contributed by atoms with E-state index in [-0.39, 0.29) is 18.4 Å². The van der Waals surface area contributed by atoms with Gasteiger partial charge in [-0.2, -0.15) is 0 Å². The Labute approximate surface area is 274 Å². The summed E-state index contributed by atoms with van der Waals surface area (Å²) in [6.07, 6.45) is 8.96. The summed E-state index contributed by atoms with van der Waals surface area (Å²) in [7, 11) is 3.26. The maximum atomic E-state index is 14.1. The maximum Gasteiger partial charge on any atom is 0.254 e. The van der Waals surface area contributed by atoms with Gasteiger partial charge in [0.1, 0.15) is 6.54 Å². The highest BCUT2D eigenvalue weighted by Crippen LogP contribution is 2.28. The second-order valence-electron chi connectivity index (χ2n) is 12.1. The number of unbranched alkanes of at least 4 members (excludes halogenated alkanes) is 3. The van der Waals surface area contributed by atoms with E-state index in [1.54, 1.807) is 30.5 Å². The molecule has 4 rings (SSSR count). The molecule has 0 unspecified atom stereocenters. The van der Waals surface area contributed by atoms with Crippen LogP contribution in [0, 0.1) is 6.92 Å². The van der Waals surface area contributed by atoms with Crippen LogP contribution in [0.25, 0.3) is 0 Å². The molecule has 0 spiro atoms. The van der Waals surface area contributed by atoms with Crippen molar-refractivity contribution in [3.63, 3.8) is 0 Å². The van der Waals surface area contributed by atoms with Gasteiger partial charge in [-0.3, -0.25) is 9.59 Å². The fraction of sp³-hybridized carbons (Fsp3) is 0.514. The summed E-state index contributed by atoms with van der Waals surface area (Å²) in [6.45, 7) is 8.85. The number of hydrogen-bond acceptors (Lipinski definition) is 6. The number of rotatable bonds is 18. The van der Waals surface area contributed by atoms with Crippen molar-refractivity contribution in [2.24, 2.45) is 0 Å². The van der Waals surface area contributed by atoms with Crippen LogP contribution in [0.2, 0.25) is 0 Å². The second-order valence-corrected chi connectivity index (χ2v) is 13.1. The van der Waals surface area contributed by atoms with Gasteiger partial charge in [-0.1, -0.05) is 44.4 Å². The molecule has 8 heteroatoms. The Kier molecular flexibility index (Phi) is 13.8. The fourth-order valence-electron chi connectivity index (χ4n) is 5.87. The number of carbonyl (C=O) groups is 2. The van der Waals surface area contributed by atoms with E-state index in [2.05, 4.69) is 42.3 Å². The van der Waals surface area contributed by atoms with E-state index in [1.165, 1.54) is 54.5 Å². The molecule has 3 aromatic rings. The van der Waals surface area contributed by atoms with Crippen molar-refractivity contribution in [1.29, 1.82) is 0 Å². The molecule has 2 amide bonds. The van der Waals surface area contributed by atoms with Crippen LogP contribution in [-0.4, -0.2) is 80.0 Å². The molecule has 0 radical (unpaired) electrons. The van der Waals surface area contributed by atoms with E-state index in [0.717, 1.165) is 31.6 Å². The summed E-state index contributed by atoms with van der Waals surface area (Å²) >= 11 is 1.67. The lowest BCUT2D eigenvalue weighted by atomic mass is 10.0. The topological polar surface area (TPSA) is 62.3 Å². The van der Waals surface area contributed by atoms with Gasteiger partial charge < -0.3 is 24.2 Å². The first-order chi connectivity index (χ1) is 21.9. The molecule has 45 heavy (non-hydrogen) atoms. The van der Waals surface area contributed by atoms with Gasteiger partial charge in [-0.15, -0.1) is 11.3 Å². The van der Waals surface area contributed by atoms with Crippen LogP contribution in [-0.2, 0) is 24.2 Å². The molecule has 0 saturated carbocycles. The van der Waals surface area contributed by atoms with Crippen molar-refractivity contribution in [3.05, 3.63) is 81.0 Å². The minimum absolute atomic E-state index is 0.0365. The minimum Gasteiger partial charge on any atom is -0.493 e. The molecule has 7 nitrogen and oxygen atoms in total. The highest BCUT2D eigenvalue weighted by molar-refractivity contribution is 7.10.